The van der Waals surface area contributed by atoms with Gasteiger partial charge in [0.2, 0.25) is 0 Å². The van der Waals surface area contributed by atoms with Crippen LogP contribution >= 0.6 is 11.3 Å². The number of aliphatic hydroxyl groups is 2. The van der Waals surface area contributed by atoms with Crippen molar-refractivity contribution in [2.45, 2.75) is 32.1 Å². The first-order chi connectivity index (χ1) is 7.19. The van der Waals surface area contributed by atoms with Gasteiger partial charge in [-0.05, 0) is 18.6 Å². The van der Waals surface area contributed by atoms with Crippen LogP contribution in [-0.4, -0.2) is 40.4 Å². The van der Waals surface area contributed by atoms with E-state index in [4.69, 9.17) is 0 Å². The first-order valence-electron chi connectivity index (χ1n) is 5.35. The Morgan fingerprint density at radius 1 is 1.27 bits per heavy atom. The van der Waals surface area contributed by atoms with Gasteiger partial charge in [-0.3, -0.25) is 4.90 Å². The molecule has 3 nitrogen and oxygen atoms in total. The molecule has 15 heavy (non-hydrogen) atoms. The highest BCUT2D eigenvalue weighted by atomic mass is 32.1. The van der Waals surface area contributed by atoms with Crippen LogP contribution in [0.1, 0.15) is 16.7 Å². The summed E-state index contributed by atoms with van der Waals surface area (Å²) in [6.07, 6.45) is -0.0677. The molecule has 0 radical (unpaired) electrons. The van der Waals surface area contributed by atoms with Crippen LogP contribution < -0.4 is 0 Å². The molecule has 2 atom stereocenters. The maximum absolute atomic E-state index is 9.41. The number of aliphatic hydroxyl groups excluding tert-OH is 2. The third-order valence-electron chi connectivity index (χ3n) is 2.78. The van der Waals surface area contributed by atoms with Gasteiger partial charge >= 0.3 is 0 Å². The summed E-state index contributed by atoms with van der Waals surface area (Å²) in [5.74, 6) is 0. The van der Waals surface area contributed by atoms with E-state index in [1.807, 2.05) is 11.3 Å². The topological polar surface area (TPSA) is 43.7 Å². The Balaban J connectivity index is 1.92. The zero-order chi connectivity index (χ0) is 10.8. The van der Waals surface area contributed by atoms with E-state index in [-0.39, 0.29) is 0 Å². The number of aryl methyl sites for hydroxylation is 1. The molecule has 0 amide bonds. The predicted octanol–water partition coefficient (Wildman–Crippen LogP) is 0.848. The molecule has 0 saturated carbocycles. The molecule has 0 aliphatic carbocycles. The van der Waals surface area contributed by atoms with Crippen molar-refractivity contribution in [2.24, 2.45) is 0 Å². The summed E-state index contributed by atoms with van der Waals surface area (Å²) in [4.78, 5) is 4.80. The molecule has 4 heteroatoms. The van der Waals surface area contributed by atoms with Gasteiger partial charge in [0, 0.05) is 29.4 Å². The molecule has 2 heterocycles. The predicted molar refractivity (Wildman–Crippen MR) is 61.0 cm³/mol. The zero-order valence-electron chi connectivity index (χ0n) is 8.89. The molecule has 2 rings (SSSR count). The van der Waals surface area contributed by atoms with Gasteiger partial charge in [0.05, 0.1) is 12.2 Å². The minimum absolute atomic E-state index is 0.574. The third-order valence-corrected chi connectivity index (χ3v) is 3.99. The summed E-state index contributed by atoms with van der Waals surface area (Å²) < 4.78 is 0. The van der Waals surface area contributed by atoms with Crippen LogP contribution in [0.25, 0.3) is 0 Å². The van der Waals surface area contributed by atoms with Crippen molar-refractivity contribution in [1.82, 2.24) is 4.90 Å². The van der Waals surface area contributed by atoms with E-state index < -0.39 is 12.2 Å². The summed E-state index contributed by atoms with van der Waals surface area (Å²) in [6.45, 7) is 4.17. The molecule has 1 fully saturated rings. The molecule has 1 aliphatic heterocycles. The van der Waals surface area contributed by atoms with Crippen molar-refractivity contribution in [3.05, 3.63) is 21.9 Å². The summed E-state index contributed by atoms with van der Waals surface area (Å²) in [7, 11) is 0. The fraction of sp³-hybridized carbons (Fsp3) is 0.636. The smallest absolute Gasteiger partial charge is 0.0938 e. The lowest BCUT2D eigenvalue weighted by molar-refractivity contribution is 0.0572. The number of β-amino-alcohol motifs (C(OH)–C–C–N with tert-alkyl or cyclic N) is 2. The Kier molecular flexibility index (Phi) is 3.41. The molecular formula is C11H17NO2S. The Bertz CT molecular complexity index is 316. The number of hydrogen-bond donors (Lipinski definition) is 2. The Morgan fingerprint density at radius 2 is 1.87 bits per heavy atom. The highest BCUT2D eigenvalue weighted by Crippen LogP contribution is 2.21. The maximum atomic E-state index is 9.41. The van der Waals surface area contributed by atoms with E-state index in [1.54, 1.807) is 0 Å². The van der Waals surface area contributed by atoms with E-state index in [9.17, 15) is 10.2 Å². The second-order valence-corrected chi connectivity index (χ2v) is 5.30. The van der Waals surface area contributed by atoms with Gasteiger partial charge in [0.15, 0.2) is 0 Å². The van der Waals surface area contributed by atoms with Gasteiger partial charge in [-0.2, -0.15) is 0 Å². The lowest BCUT2D eigenvalue weighted by Gasteiger charge is -2.12. The molecule has 1 saturated heterocycles. The molecule has 2 N–H and O–H groups in total. The van der Waals surface area contributed by atoms with Crippen LogP contribution in [0.3, 0.4) is 0 Å². The molecule has 1 aliphatic rings. The highest BCUT2D eigenvalue weighted by molar-refractivity contribution is 7.11. The molecule has 1 aromatic rings. The Labute approximate surface area is 94.0 Å². The van der Waals surface area contributed by atoms with Gasteiger partial charge < -0.3 is 10.2 Å². The number of rotatable bonds is 3. The van der Waals surface area contributed by atoms with Gasteiger partial charge in [0.1, 0.15) is 0 Å². The summed E-state index contributed by atoms with van der Waals surface area (Å²) in [6, 6.07) is 4.30. The van der Waals surface area contributed by atoms with Gasteiger partial charge in [-0.1, -0.05) is 6.92 Å². The standard InChI is InChI=1S/C11H17NO2S/c1-2-8-3-4-9(15-8)5-12-6-10(13)11(14)7-12/h3-4,10-11,13-14H,2,5-7H2,1H3. The lowest BCUT2D eigenvalue weighted by Crippen LogP contribution is -2.22. The minimum atomic E-state index is -0.574. The molecule has 0 aromatic carbocycles. The number of hydrogen-bond acceptors (Lipinski definition) is 4. The third kappa shape index (κ3) is 2.58. The van der Waals surface area contributed by atoms with E-state index in [1.165, 1.54) is 9.75 Å². The van der Waals surface area contributed by atoms with Crippen LogP contribution in [0, 0.1) is 0 Å². The van der Waals surface area contributed by atoms with Crippen molar-refractivity contribution in [3.63, 3.8) is 0 Å². The first kappa shape index (κ1) is 11.1. The van der Waals surface area contributed by atoms with Crippen molar-refractivity contribution < 1.29 is 10.2 Å². The summed E-state index contributed by atoms with van der Waals surface area (Å²) in [5, 5.41) is 18.8. The SMILES string of the molecule is CCc1ccc(CN2CC(O)C(O)C2)s1. The van der Waals surface area contributed by atoms with Crippen molar-refractivity contribution in [2.75, 3.05) is 13.1 Å². The fourth-order valence-corrected chi connectivity index (χ4v) is 2.89. The van der Waals surface area contributed by atoms with E-state index in [0.717, 1.165) is 13.0 Å². The zero-order valence-corrected chi connectivity index (χ0v) is 9.70. The van der Waals surface area contributed by atoms with Gasteiger partial charge in [0.25, 0.3) is 0 Å². The van der Waals surface area contributed by atoms with Gasteiger partial charge in [-0.15, -0.1) is 11.3 Å². The summed E-state index contributed by atoms with van der Waals surface area (Å²) >= 11 is 1.82. The Hall–Kier alpha value is -0.420. The number of nitrogens with zero attached hydrogens (tertiary/aromatic N) is 1. The van der Waals surface area contributed by atoms with Gasteiger partial charge in [-0.25, -0.2) is 0 Å². The second-order valence-electron chi connectivity index (χ2n) is 4.05. The monoisotopic (exact) mass is 227 g/mol. The number of likely N-dealkylation sites (tertiary alicyclic amines) is 1. The van der Waals surface area contributed by atoms with E-state index in [0.29, 0.717) is 13.1 Å². The second kappa shape index (κ2) is 4.61. The quantitative estimate of drug-likeness (QED) is 0.804. The largest absolute Gasteiger partial charge is 0.389 e. The molecule has 2 unspecified atom stereocenters. The van der Waals surface area contributed by atoms with Crippen LogP contribution in [0.15, 0.2) is 12.1 Å². The van der Waals surface area contributed by atoms with Crippen LogP contribution in [0.5, 0.6) is 0 Å². The maximum Gasteiger partial charge on any atom is 0.0938 e. The average molecular weight is 227 g/mol. The normalized spacial score (nSPS) is 27.4. The molecule has 84 valence electrons. The highest BCUT2D eigenvalue weighted by Gasteiger charge is 2.29. The molecule has 0 spiro atoms. The number of thiophene rings is 1. The fourth-order valence-electron chi connectivity index (χ4n) is 1.89. The van der Waals surface area contributed by atoms with Crippen LogP contribution in [0.2, 0.25) is 0 Å². The molecular weight excluding hydrogens is 210 g/mol. The summed E-state index contributed by atoms with van der Waals surface area (Å²) in [5.41, 5.74) is 0. The molecule has 1 aromatic heterocycles. The van der Waals surface area contributed by atoms with Crippen LogP contribution in [-0.2, 0) is 13.0 Å². The van der Waals surface area contributed by atoms with Crippen molar-refractivity contribution in [3.8, 4) is 0 Å². The molecule has 0 bridgehead atoms. The van der Waals surface area contributed by atoms with Crippen LogP contribution in [0.4, 0.5) is 0 Å². The lowest BCUT2D eigenvalue weighted by atomic mass is 10.3. The van der Waals surface area contributed by atoms with E-state index >= 15 is 0 Å². The van der Waals surface area contributed by atoms with E-state index in [2.05, 4.69) is 24.0 Å². The first-order valence-corrected chi connectivity index (χ1v) is 6.16. The van der Waals surface area contributed by atoms with Crippen molar-refractivity contribution in [1.29, 1.82) is 0 Å². The minimum Gasteiger partial charge on any atom is -0.389 e. The average Bonchev–Trinajstić information content (AvgIpc) is 2.76. The van der Waals surface area contributed by atoms with Crippen molar-refractivity contribution >= 4 is 11.3 Å². The Morgan fingerprint density at radius 3 is 2.40 bits per heavy atom.